The average molecular weight is 290 g/mol. The molecule has 1 heterocycles. The molecule has 1 aromatic heterocycles. The zero-order chi connectivity index (χ0) is 14.6. The van der Waals surface area contributed by atoms with Crippen LogP contribution in [0.1, 0.15) is 22.4 Å². The van der Waals surface area contributed by atoms with Crippen LogP contribution in [0.4, 0.5) is 0 Å². The maximum atomic E-state index is 12.0. The first kappa shape index (κ1) is 14.2. The van der Waals surface area contributed by atoms with Gasteiger partial charge in [-0.05, 0) is 24.6 Å². The molecule has 0 unspecified atom stereocenters. The van der Waals surface area contributed by atoms with Crippen molar-refractivity contribution in [3.8, 4) is 6.07 Å². The van der Waals surface area contributed by atoms with Gasteiger partial charge in [0, 0.05) is 17.8 Å². The SMILES string of the molecule is Cc1[nH]ncc1CNS(=O)(=O)Cc1ccc(C#N)cc1. The second kappa shape index (κ2) is 5.86. The number of aromatic nitrogens is 2. The van der Waals surface area contributed by atoms with Gasteiger partial charge in [0.1, 0.15) is 0 Å². The number of sulfonamides is 1. The van der Waals surface area contributed by atoms with Gasteiger partial charge >= 0.3 is 0 Å². The molecule has 2 aromatic rings. The Morgan fingerprint density at radius 3 is 2.60 bits per heavy atom. The van der Waals surface area contributed by atoms with Gasteiger partial charge in [0.25, 0.3) is 0 Å². The van der Waals surface area contributed by atoms with E-state index in [1.807, 2.05) is 13.0 Å². The molecule has 0 aliphatic rings. The van der Waals surface area contributed by atoms with Gasteiger partial charge < -0.3 is 0 Å². The lowest BCUT2D eigenvalue weighted by Crippen LogP contribution is -2.24. The smallest absolute Gasteiger partial charge is 0.216 e. The Morgan fingerprint density at radius 2 is 2.05 bits per heavy atom. The lowest BCUT2D eigenvalue weighted by atomic mass is 10.2. The van der Waals surface area contributed by atoms with Gasteiger partial charge in [-0.2, -0.15) is 10.4 Å². The summed E-state index contributed by atoms with van der Waals surface area (Å²) in [6, 6.07) is 8.48. The van der Waals surface area contributed by atoms with E-state index in [4.69, 9.17) is 5.26 Å². The van der Waals surface area contributed by atoms with Crippen molar-refractivity contribution >= 4 is 10.0 Å². The molecule has 0 amide bonds. The second-order valence-corrected chi connectivity index (χ2v) is 6.22. The highest BCUT2D eigenvalue weighted by atomic mass is 32.2. The van der Waals surface area contributed by atoms with Gasteiger partial charge in [-0.3, -0.25) is 5.10 Å². The van der Waals surface area contributed by atoms with Crippen molar-refractivity contribution < 1.29 is 8.42 Å². The molecule has 0 saturated heterocycles. The highest BCUT2D eigenvalue weighted by Gasteiger charge is 2.12. The number of H-pyrrole nitrogens is 1. The predicted molar refractivity (Wildman–Crippen MR) is 73.9 cm³/mol. The third-order valence-electron chi connectivity index (χ3n) is 2.86. The molecular weight excluding hydrogens is 276 g/mol. The van der Waals surface area contributed by atoms with E-state index in [-0.39, 0.29) is 12.3 Å². The van der Waals surface area contributed by atoms with Crippen LogP contribution < -0.4 is 4.72 Å². The maximum absolute atomic E-state index is 12.0. The molecular formula is C13H14N4O2S. The molecule has 0 bridgehead atoms. The topological polar surface area (TPSA) is 98.6 Å². The summed E-state index contributed by atoms with van der Waals surface area (Å²) >= 11 is 0. The molecule has 0 atom stereocenters. The van der Waals surface area contributed by atoms with E-state index in [0.717, 1.165) is 11.3 Å². The largest absolute Gasteiger partial charge is 0.283 e. The number of aryl methyl sites for hydroxylation is 1. The van der Waals surface area contributed by atoms with Crippen molar-refractivity contribution in [1.29, 1.82) is 5.26 Å². The molecule has 0 saturated carbocycles. The monoisotopic (exact) mass is 290 g/mol. The molecule has 2 rings (SSSR count). The summed E-state index contributed by atoms with van der Waals surface area (Å²) in [6.45, 7) is 2.04. The van der Waals surface area contributed by atoms with Gasteiger partial charge in [-0.1, -0.05) is 12.1 Å². The van der Waals surface area contributed by atoms with Gasteiger partial charge in [0.15, 0.2) is 0 Å². The van der Waals surface area contributed by atoms with Crippen LogP contribution in [0, 0.1) is 18.3 Å². The number of hydrogen-bond acceptors (Lipinski definition) is 4. The number of nitrogens with zero attached hydrogens (tertiary/aromatic N) is 2. The molecule has 2 N–H and O–H groups in total. The molecule has 104 valence electrons. The number of aromatic amines is 1. The van der Waals surface area contributed by atoms with Crippen LogP contribution in [0.25, 0.3) is 0 Å². The van der Waals surface area contributed by atoms with E-state index in [9.17, 15) is 8.42 Å². The van der Waals surface area contributed by atoms with E-state index in [0.29, 0.717) is 11.1 Å². The minimum absolute atomic E-state index is 0.115. The fourth-order valence-corrected chi connectivity index (χ4v) is 2.80. The van der Waals surface area contributed by atoms with Gasteiger partial charge in [-0.15, -0.1) is 0 Å². The predicted octanol–water partition coefficient (Wildman–Crippen LogP) is 1.21. The van der Waals surface area contributed by atoms with Crippen LogP contribution in [0.5, 0.6) is 0 Å². The lowest BCUT2D eigenvalue weighted by Gasteiger charge is -2.06. The first-order valence-corrected chi connectivity index (χ1v) is 7.60. The van der Waals surface area contributed by atoms with Crippen LogP contribution >= 0.6 is 0 Å². The van der Waals surface area contributed by atoms with Gasteiger partial charge in [0.05, 0.1) is 23.6 Å². The van der Waals surface area contributed by atoms with Crippen LogP contribution in [-0.2, 0) is 22.3 Å². The molecule has 6 nitrogen and oxygen atoms in total. The summed E-state index contributed by atoms with van der Waals surface area (Å²) in [4.78, 5) is 0. The molecule has 7 heteroatoms. The highest BCUT2D eigenvalue weighted by Crippen LogP contribution is 2.08. The van der Waals surface area contributed by atoms with Crippen LogP contribution in [0.3, 0.4) is 0 Å². The Kier molecular flexibility index (Phi) is 4.17. The zero-order valence-corrected chi connectivity index (χ0v) is 11.7. The van der Waals surface area contributed by atoms with Crippen LogP contribution in [0.15, 0.2) is 30.5 Å². The molecule has 0 spiro atoms. The minimum atomic E-state index is -3.42. The Morgan fingerprint density at radius 1 is 1.35 bits per heavy atom. The van der Waals surface area contributed by atoms with E-state index < -0.39 is 10.0 Å². The number of benzene rings is 1. The average Bonchev–Trinajstić information content (AvgIpc) is 2.83. The molecule has 20 heavy (non-hydrogen) atoms. The number of nitrogens with one attached hydrogen (secondary N) is 2. The summed E-state index contributed by atoms with van der Waals surface area (Å²) in [5.74, 6) is -0.115. The van der Waals surface area contributed by atoms with Gasteiger partial charge in [0.2, 0.25) is 10.0 Å². The number of rotatable bonds is 5. The Bertz CT molecular complexity index is 726. The first-order chi connectivity index (χ1) is 9.50. The molecule has 0 fully saturated rings. The third-order valence-corrected chi connectivity index (χ3v) is 4.15. The summed E-state index contributed by atoms with van der Waals surface area (Å²) in [7, 11) is -3.42. The van der Waals surface area contributed by atoms with Crippen molar-refractivity contribution in [2.45, 2.75) is 19.2 Å². The zero-order valence-electron chi connectivity index (χ0n) is 10.9. The van der Waals surface area contributed by atoms with E-state index in [1.165, 1.54) is 0 Å². The Hall–Kier alpha value is -2.17. The maximum Gasteiger partial charge on any atom is 0.216 e. The van der Waals surface area contributed by atoms with E-state index in [2.05, 4.69) is 14.9 Å². The summed E-state index contributed by atoms with van der Waals surface area (Å²) in [6.07, 6.45) is 1.60. The minimum Gasteiger partial charge on any atom is -0.283 e. The van der Waals surface area contributed by atoms with Crippen molar-refractivity contribution in [1.82, 2.24) is 14.9 Å². The fourth-order valence-electron chi connectivity index (χ4n) is 1.69. The summed E-state index contributed by atoms with van der Waals surface area (Å²) < 4.78 is 26.4. The van der Waals surface area contributed by atoms with Crippen LogP contribution in [-0.4, -0.2) is 18.6 Å². The van der Waals surface area contributed by atoms with Crippen molar-refractivity contribution in [3.63, 3.8) is 0 Å². The molecule has 0 aliphatic heterocycles. The van der Waals surface area contributed by atoms with Crippen LogP contribution in [0.2, 0.25) is 0 Å². The first-order valence-electron chi connectivity index (χ1n) is 5.95. The van der Waals surface area contributed by atoms with E-state index in [1.54, 1.807) is 30.5 Å². The number of nitriles is 1. The molecule has 0 aliphatic carbocycles. The standard InChI is InChI=1S/C13H14N4O2S/c1-10-13(7-15-17-10)8-16-20(18,19)9-12-4-2-11(6-14)3-5-12/h2-5,7,16H,8-9H2,1H3,(H,15,17). The second-order valence-electron chi connectivity index (χ2n) is 4.41. The molecule has 0 radical (unpaired) electrons. The van der Waals surface area contributed by atoms with E-state index >= 15 is 0 Å². The van der Waals surface area contributed by atoms with Crippen molar-refractivity contribution in [3.05, 3.63) is 52.8 Å². The van der Waals surface area contributed by atoms with Crippen molar-refractivity contribution in [2.75, 3.05) is 0 Å². The van der Waals surface area contributed by atoms with Gasteiger partial charge in [-0.25, -0.2) is 13.1 Å². The normalized spacial score (nSPS) is 11.2. The summed E-state index contributed by atoms with van der Waals surface area (Å²) in [5.41, 5.74) is 2.80. The van der Waals surface area contributed by atoms with Crippen molar-refractivity contribution in [2.24, 2.45) is 0 Å². The molecule has 1 aromatic carbocycles. The quantitative estimate of drug-likeness (QED) is 0.864. The summed E-state index contributed by atoms with van der Waals surface area (Å²) in [5, 5.41) is 15.3. The number of hydrogen-bond donors (Lipinski definition) is 2. The third kappa shape index (κ3) is 3.66. The fraction of sp³-hybridized carbons (Fsp3) is 0.231. The lowest BCUT2D eigenvalue weighted by molar-refractivity contribution is 0.580. The Labute approximate surface area is 117 Å². The Balaban J connectivity index is 2.00. The highest BCUT2D eigenvalue weighted by molar-refractivity contribution is 7.88.